The number of anilines is 5. The third-order valence-corrected chi connectivity index (χ3v) is 22.5. The Morgan fingerprint density at radius 1 is 0.271 bits per heavy atom. The van der Waals surface area contributed by atoms with Gasteiger partial charge in [-0.3, -0.25) is 19.2 Å². The summed E-state index contributed by atoms with van der Waals surface area (Å²) in [6, 6.07) is 117. The molecule has 0 heterocycles. The Labute approximate surface area is 848 Å². The Morgan fingerprint density at radius 3 is 0.854 bits per heavy atom. The lowest BCUT2D eigenvalue weighted by Gasteiger charge is -2.13. The Hall–Kier alpha value is -16.3. The number of benzene rings is 15. The molecule has 1 aliphatic rings. The van der Waals surface area contributed by atoms with Gasteiger partial charge in [-0.25, -0.2) is 0 Å². The Morgan fingerprint density at radius 2 is 0.556 bits per heavy atom. The maximum absolute atomic E-state index is 11.8. The summed E-state index contributed by atoms with van der Waals surface area (Å²) in [5.74, 6) is 13.8. The topological polar surface area (TPSA) is 230 Å². The lowest BCUT2D eigenvalue weighted by atomic mass is 10.0. The number of nitrogens with one attached hydrogen (secondary N) is 5. The van der Waals surface area contributed by atoms with Crippen LogP contribution in [0, 0.1) is 5.92 Å². The third-order valence-electron chi connectivity index (χ3n) is 22.5. The second-order valence-corrected chi connectivity index (χ2v) is 36.4. The summed E-state index contributed by atoms with van der Waals surface area (Å²) in [5.41, 5.74) is 16.5. The summed E-state index contributed by atoms with van der Waals surface area (Å²) >= 11 is 0. The van der Waals surface area contributed by atoms with E-state index in [4.69, 9.17) is 52.1 Å². The van der Waals surface area contributed by atoms with Crippen LogP contribution in [0.25, 0.3) is 0 Å². The molecule has 0 aromatic heterocycles. The summed E-state index contributed by atoms with van der Waals surface area (Å²) < 4.78 is 64.1. The van der Waals surface area contributed by atoms with E-state index < -0.39 is 0 Å². The third kappa shape index (κ3) is 37.0. The predicted octanol–water partition coefficient (Wildman–Crippen LogP) is 31.7. The lowest BCUT2D eigenvalue weighted by Crippen LogP contribution is -2.16. The fourth-order valence-corrected chi connectivity index (χ4v) is 14.4. The number of methoxy groups -OCH3 is 1. The monoisotopic (exact) mass is 1930 g/mol. The fourth-order valence-electron chi connectivity index (χ4n) is 14.4. The summed E-state index contributed by atoms with van der Waals surface area (Å²) in [6.07, 6.45) is 2.01. The van der Waals surface area contributed by atoms with Crippen LogP contribution < -0.4 is 74.0 Å². The molecule has 0 atom stereocenters. The van der Waals surface area contributed by atoms with E-state index in [0.29, 0.717) is 74.1 Å². The molecule has 742 valence electrons. The number of para-hydroxylation sites is 1. The highest BCUT2D eigenvalue weighted by Crippen LogP contribution is 2.37. The van der Waals surface area contributed by atoms with Crippen molar-refractivity contribution in [2.24, 2.45) is 5.92 Å². The van der Waals surface area contributed by atoms with Crippen molar-refractivity contribution < 1.29 is 71.3 Å². The molecule has 20 nitrogen and oxygen atoms in total. The zero-order valence-electron chi connectivity index (χ0n) is 84.6. The number of rotatable bonds is 39. The van der Waals surface area contributed by atoms with Crippen molar-refractivity contribution in [3.05, 3.63) is 432 Å². The molecule has 1 aliphatic carbocycles. The number of allylic oxidation sites excluding steroid dienone is 1. The molecule has 1 saturated carbocycles. The Balaban J connectivity index is 0.000000160. The molecule has 20 heteroatoms. The molecule has 4 amide bonds. The maximum Gasteiger partial charge on any atom is 0.250 e. The van der Waals surface area contributed by atoms with Crippen molar-refractivity contribution in [3.8, 4) is 86.2 Å². The maximum atomic E-state index is 11.8. The molecule has 0 radical (unpaired) electrons. The highest BCUT2D eigenvalue weighted by molar-refractivity contribution is 5.94. The highest BCUT2D eigenvalue weighted by atomic mass is 16.5. The number of carbonyl (C=O) groups excluding carboxylic acids is 4. The van der Waals surface area contributed by atoms with Gasteiger partial charge in [0, 0.05) is 96.9 Å². The molecule has 0 saturated heterocycles. The quantitative estimate of drug-likeness (QED) is 0.0241. The first-order valence-corrected chi connectivity index (χ1v) is 48.6. The molecule has 15 aromatic rings. The van der Waals surface area contributed by atoms with E-state index in [1.807, 2.05) is 304 Å². The second kappa shape index (κ2) is 55.0. The van der Waals surface area contributed by atoms with E-state index in [1.54, 1.807) is 0 Å². The van der Waals surface area contributed by atoms with Crippen LogP contribution in [0.1, 0.15) is 188 Å². The number of carbonyl (C=O) groups is 4. The van der Waals surface area contributed by atoms with Crippen LogP contribution >= 0.6 is 0 Å². The molecule has 5 N–H and O–H groups in total. The summed E-state index contributed by atoms with van der Waals surface area (Å²) in [7, 11) is 1.49. The van der Waals surface area contributed by atoms with Gasteiger partial charge in [0.05, 0.1) is 0 Å². The van der Waals surface area contributed by atoms with Gasteiger partial charge in [-0.1, -0.05) is 234 Å². The molecule has 0 spiro atoms. The van der Waals surface area contributed by atoms with Gasteiger partial charge in [0.25, 0.3) is 0 Å². The first kappa shape index (κ1) is 107. The van der Waals surface area contributed by atoms with Gasteiger partial charge in [-0.05, 0) is 275 Å². The average Bonchev–Trinajstić information content (AvgIpc) is 1.83. The van der Waals surface area contributed by atoms with E-state index in [9.17, 15) is 19.2 Å². The summed E-state index contributed by atoms with van der Waals surface area (Å²) in [4.78, 5) is 45.8. The van der Waals surface area contributed by atoms with Crippen LogP contribution in [0.3, 0.4) is 0 Å². The van der Waals surface area contributed by atoms with Gasteiger partial charge in [0.15, 0.2) is 0 Å². The SMILES string of the molecule is C=C(C)Nc1cccc(COc2cccc(Oc3ccc(C(C)C)cc3)c2)c1.CC(=O)Nc1ccc(COc2cccc(Oc3ccc(C(C)C)cc3)c2)cc1.CC(=O)Nc1ccccc1COc1cccc(Oc2ccc(C(C)C)cc2)c1.CC(C)c1ccc(Oc2cccc(OCc3ccc(NC(=O)C4CC4)cc3)c2)cc1.COCC(=O)Nc1ccc(COc2cccc(Oc3ccc(C(C)C)cc3)c2)cc1. The minimum absolute atomic E-state index is 0.0329. The van der Waals surface area contributed by atoms with Crippen LogP contribution in [-0.4, -0.2) is 37.3 Å². The van der Waals surface area contributed by atoms with E-state index in [2.05, 4.69) is 169 Å². The normalized spacial score (nSPS) is 11.1. The lowest BCUT2D eigenvalue weighted by molar-refractivity contribution is -0.120. The van der Waals surface area contributed by atoms with E-state index in [1.165, 1.54) is 48.8 Å². The van der Waals surface area contributed by atoms with E-state index in [-0.39, 0.29) is 36.2 Å². The van der Waals surface area contributed by atoms with E-state index in [0.717, 1.165) is 150 Å². The summed E-state index contributed by atoms with van der Waals surface area (Å²) in [6.45, 7) is 32.7. The summed E-state index contributed by atoms with van der Waals surface area (Å²) in [5, 5.41) is 14.5. The number of amides is 4. The predicted molar refractivity (Wildman–Crippen MR) is 578 cm³/mol. The Kier molecular flexibility index (Phi) is 40.7. The van der Waals surface area contributed by atoms with Crippen molar-refractivity contribution in [2.45, 2.75) is 165 Å². The van der Waals surface area contributed by atoms with Crippen molar-refractivity contribution in [1.29, 1.82) is 0 Å². The molecule has 1 fully saturated rings. The van der Waals surface area contributed by atoms with Gasteiger partial charge in [0.2, 0.25) is 23.6 Å². The number of hydrogen-bond donors (Lipinski definition) is 5. The molecular weight excluding hydrogens is 1800 g/mol. The van der Waals surface area contributed by atoms with Crippen LogP contribution in [0.4, 0.5) is 28.4 Å². The van der Waals surface area contributed by atoms with E-state index >= 15 is 0 Å². The molecule has 0 unspecified atom stereocenters. The van der Waals surface area contributed by atoms with Crippen molar-refractivity contribution in [2.75, 3.05) is 40.3 Å². The molecular formula is C124H131N5O15. The highest BCUT2D eigenvalue weighted by Gasteiger charge is 2.29. The van der Waals surface area contributed by atoms with Crippen LogP contribution in [0.5, 0.6) is 86.2 Å². The van der Waals surface area contributed by atoms with Crippen LogP contribution in [0.2, 0.25) is 0 Å². The largest absolute Gasteiger partial charge is 0.489 e. The minimum atomic E-state index is -0.183. The van der Waals surface area contributed by atoms with Crippen LogP contribution in [0.15, 0.2) is 376 Å². The molecule has 144 heavy (non-hydrogen) atoms. The first-order valence-electron chi connectivity index (χ1n) is 48.6. The zero-order valence-corrected chi connectivity index (χ0v) is 84.6. The first-order chi connectivity index (χ1) is 69.6. The van der Waals surface area contributed by atoms with Gasteiger partial charge in [-0.15, -0.1) is 0 Å². The average molecular weight is 1930 g/mol. The smallest absolute Gasteiger partial charge is 0.250 e. The molecule has 16 rings (SSSR count). The van der Waals surface area contributed by atoms with Gasteiger partial charge in [-0.2, -0.15) is 0 Å². The van der Waals surface area contributed by atoms with Gasteiger partial charge < -0.3 is 78.7 Å². The van der Waals surface area contributed by atoms with Crippen LogP contribution in [-0.2, 0) is 56.9 Å². The molecule has 0 bridgehead atoms. The van der Waals surface area contributed by atoms with Crippen molar-refractivity contribution >= 4 is 52.1 Å². The Bertz CT molecular complexity index is 6570. The molecule has 0 aliphatic heterocycles. The fraction of sp³-hybridized carbons (Fsp3) is 0.226. The van der Waals surface area contributed by atoms with Crippen molar-refractivity contribution in [1.82, 2.24) is 0 Å². The number of ether oxygens (including phenoxy) is 11. The second-order valence-electron chi connectivity index (χ2n) is 36.4. The van der Waals surface area contributed by atoms with Crippen molar-refractivity contribution in [3.63, 3.8) is 0 Å². The standard InChI is InChI=1S/C26H27NO3.C25H27NO4.C25H27NO2.2C24H25NO3/c1-18(2)20-10-14-23(15-11-20)30-25-5-3-4-24(16-25)29-17-19-6-12-22(13-7-19)27-26(28)21-8-9-21;1-18(2)20-9-13-22(14-10-20)30-24-6-4-5-23(15-24)29-16-19-7-11-21(12-8-19)26-25(27)17-28-3;1-18(2)21-11-13-23(14-12-21)28-25-10-6-9-24(16-25)27-17-20-7-5-8-22(15-20)26-19(3)4;1-17(2)19-11-13-21(14-12-19)28-23-9-6-8-22(15-23)27-16-20-7-4-5-10-24(20)25-18(3)26;1-17(2)20-9-13-22(14-10-20)28-24-6-4-5-23(15-24)27-16-19-7-11-21(12-8-19)25-18(3)26/h3-7,10-16,18,21H,8-9,17H2,1-2H3,(H,27,28);4-15,18H,16-17H2,1-3H3,(H,26,27);5-16,18,26H,3,17H2,1-2,4H3;2*4-15,17H,16H2,1-3H3,(H,25,26). The number of hydrogen-bond acceptors (Lipinski definition) is 16. The minimum Gasteiger partial charge on any atom is -0.489 e. The zero-order chi connectivity index (χ0) is 102. The van der Waals surface area contributed by atoms with Gasteiger partial charge >= 0.3 is 0 Å². The van der Waals surface area contributed by atoms with Gasteiger partial charge in [0.1, 0.15) is 126 Å². The molecule has 15 aromatic carbocycles.